The maximum atomic E-state index is 14.7. The van der Waals surface area contributed by atoms with E-state index in [1.165, 1.54) is 11.6 Å². The number of hydrogen-bond acceptors (Lipinski definition) is 3. The summed E-state index contributed by atoms with van der Waals surface area (Å²) in [6, 6.07) is 16.6. The molecular formula is C27H27FN5O2+. The summed E-state index contributed by atoms with van der Waals surface area (Å²) in [7, 11) is 0. The van der Waals surface area contributed by atoms with Crippen LogP contribution < -0.4 is 10.1 Å². The van der Waals surface area contributed by atoms with E-state index in [2.05, 4.69) is 31.9 Å². The summed E-state index contributed by atoms with van der Waals surface area (Å²) in [4.78, 5) is 30.0. The number of aryl methyl sites for hydroxylation is 1. The largest absolute Gasteiger partial charge is 0.323 e. The van der Waals surface area contributed by atoms with Crippen molar-refractivity contribution in [1.29, 1.82) is 0 Å². The predicted molar refractivity (Wildman–Crippen MR) is 128 cm³/mol. The molecule has 4 aromatic rings. The van der Waals surface area contributed by atoms with Crippen LogP contribution in [0.3, 0.4) is 0 Å². The molecule has 5 rings (SSSR count). The number of benzene rings is 2. The molecule has 0 aliphatic carbocycles. The fourth-order valence-corrected chi connectivity index (χ4v) is 4.58. The number of nitrogens with zero attached hydrogens (tertiary/aromatic N) is 3. The topological polar surface area (TPSA) is 85.7 Å². The summed E-state index contributed by atoms with van der Waals surface area (Å²) >= 11 is 0. The number of amides is 1. The average molecular weight is 473 g/mol. The third-order valence-electron chi connectivity index (χ3n) is 6.49. The maximum absolute atomic E-state index is 14.7. The SMILES string of the molecule is CCc1cc(Cc2ccc(F)c(C(=O)N3CC[n+]4c(Cc5ccccc5)c[nH]c4C3)c2)n[nH]c1=O. The van der Waals surface area contributed by atoms with Crippen LogP contribution in [0.4, 0.5) is 4.39 Å². The van der Waals surface area contributed by atoms with Gasteiger partial charge in [0.25, 0.3) is 17.3 Å². The zero-order valence-corrected chi connectivity index (χ0v) is 19.6. The van der Waals surface area contributed by atoms with Crippen molar-refractivity contribution in [3.8, 4) is 0 Å². The van der Waals surface area contributed by atoms with Gasteiger partial charge in [-0.1, -0.05) is 43.3 Å². The summed E-state index contributed by atoms with van der Waals surface area (Å²) in [6.45, 7) is 3.44. The molecule has 178 valence electrons. The van der Waals surface area contributed by atoms with Crippen LogP contribution in [0.1, 0.15) is 51.2 Å². The molecule has 1 aliphatic rings. The van der Waals surface area contributed by atoms with Crippen LogP contribution >= 0.6 is 0 Å². The lowest BCUT2D eigenvalue weighted by Gasteiger charge is -2.25. The molecule has 3 heterocycles. The lowest BCUT2D eigenvalue weighted by Crippen LogP contribution is -2.52. The molecule has 7 nitrogen and oxygen atoms in total. The number of hydrogen-bond donors (Lipinski definition) is 2. The highest BCUT2D eigenvalue weighted by Gasteiger charge is 2.30. The molecule has 2 aromatic carbocycles. The third-order valence-corrected chi connectivity index (χ3v) is 6.49. The zero-order valence-electron chi connectivity index (χ0n) is 19.6. The Morgan fingerprint density at radius 2 is 1.94 bits per heavy atom. The molecule has 0 spiro atoms. The van der Waals surface area contributed by atoms with Crippen molar-refractivity contribution in [2.75, 3.05) is 6.54 Å². The molecule has 0 saturated carbocycles. The van der Waals surface area contributed by atoms with Crippen molar-refractivity contribution in [2.45, 2.75) is 39.3 Å². The minimum Gasteiger partial charge on any atom is -0.323 e. The first-order valence-corrected chi connectivity index (χ1v) is 11.8. The van der Waals surface area contributed by atoms with E-state index in [9.17, 15) is 14.0 Å². The lowest BCUT2D eigenvalue weighted by atomic mass is 10.0. The van der Waals surface area contributed by atoms with E-state index >= 15 is 0 Å². The van der Waals surface area contributed by atoms with Crippen molar-refractivity contribution >= 4 is 5.91 Å². The summed E-state index contributed by atoms with van der Waals surface area (Å²) in [6.07, 6.45) is 3.78. The second kappa shape index (κ2) is 9.66. The number of halogens is 1. The van der Waals surface area contributed by atoms with E-state index in [0.717, 1.165) is 23.5 Å². The molecule has 1 amide bonds. The highest BCUT2D eigenvalue weighted by Crippen LogP contribution is 2.18. The number of carbonyl (C=O) groups excluding carboxylic acids is 1. The van der Waals surface area contributed by atoms with Gasteiger partial charge in [-0.3, -0.25) is 9.59 Å². The van der Waals surface area contributed by atoms with Gasteiger partial charge in [-0.15, -0.1) is 0 Å². The molecule has 0 atom stereocenters. The number of aromatic amines is 2. The molecule has 0 bridgehead atoms. The second-order valence-electron chi connectivity index (χ2n) is 8.83. The molecule has 1 aliphatic heterocycles. The van der Waals surface area contributed by atoms with Crippen molar-refractivity contribution in [1.82, 2.24) is 20.1 Å². The van der Waals surface area contributed by atoms with E-state index in [-0.39, 0.29) is 17.0 Å². The molecule has 0 radical (unpaired) electrons. The van der Waals surface area contributed by atoms with Gasteiger partial charge < -0.3 is 4.90 Å². The molecule has 35 heavy (non-hydrogen) atoms. The highest BCUT2D eigenvalue weighted by molar-refractivity contribution is 5.94. The average Bonchev–Trinajstić information content (AvgIpc) is 3.28. The van der Waals surface area contributed by atoms with Gasteiger partial charge >= 0.3 is 0 Å². The van der Waals surface area contributed by atoms with Gasteiger partial charge in [0.15, 0.2) is 0 Å². The van der Waals surface area contributed by atoms with Crippen LogP contribution in [0.5, 0.6) is 0 Å². The third kappa shape index (κ3) is 4.77. The fourth-order valence-electron chi connectivity index (χ4n) is 4.58. The van der Waals surface area contributed by atoms with Crippen LogP contribution in [-0.4, -0.2) is 32.5 Å². The van der Waals surface area contributed by atoms with Gasteiger partial charge in [-0.25, -0.2) is 19.0 Å². The Labute approximate surface area is 202 Å². The summed E-state index contributed by atoms with van der Waals surface area (Å²) < 4.78 is 16.9. The van der Waals surface area contributed by atoms with E-state index in [4.69, 9.17) is 0 Å². The molecular weight excluding hydrogens is 445 g/mol. The Kier molecular flexibility index (Phi) is 6.27. The molecule has 2 N–H and O–H groups in total. The fraction of sp³-hybridized carbons (Fsp3) is 0.259. The number of carbonyl (C=O) groups is 1. The van der Waals surface area contributed by atoms with Crippen LogP contribution in [0.25, 0.3) is 0 Å². The van der Waals surface area contributed by atoms with Crippen molar-refractivity contribution in [3.05, 3.63) is 116 Å². The minimum absolute atomic E-state index is 0.0483. The molecule has 0 saturated heterocycles. The number of imidazole rings is 1. The standard InChI is InChI=1S/C27H26FN5O2/c1-2-20-15-21(30-31-26(20)34)12-19-8-9-24(28)23(14-19)27(35)32-10-11-33-22(16-29-25(33)17-32)13-18-6-4-3-5-7-18/h3-9,14-16H,2,10-13,17H2,1H3,(H,31,34)/p+1. The summed E-state index contributed by atoms with van der Waals surface area (Å²) in [5, 5.41) is 6.60. The Morgan fingerprint density at radius 3 is 2.74 bits per heavy atom. The van der Waals surface area contributed by atoms with Gasteiger partial charge in [0.1, 0.15) is 30.8 Å². The zero-order chi connectivity index (χ0) is 24.4. The first-order chi connectivity index (χ1) is 17.0. The smallest absolute Gasteiger partial charge is 0.274 e. The Bertz CT molecular complexity index is 1430. The van der Waals surface area contributed by atoms with Gasteiger partial charge in [0, 0.05) is 18.4 Å². The predicted octanol–water partition coefficient (Wildman–Crippen LogP) is 2.92. The molecule has 8 heteroatoms. The van der Waals surface area contributed by atoms with Crippen LogP contribution in [-0.2, 0) is 32.4 Å². The minimum atomic E-state index is -0.544. The van der Waals surface area contributed by atoms with E-state index in [1.54, 1.807) is 23.1 Å². The van der Waals surface area contributed by atoms with Crippen molar-refractivity contribution in [3.63, 3.8) is 0 Å². The van der Waals surface area contributed by atoms with Gasteiger partial charge in [0.2, 0.25) is 0 Å². The van der Waals surface area contributed by atoms with Crippen LogP contribution in [0.2, 0.25) is 0 Å². The first-order valence-electron chi connectivity index (χ1n) is 11.8. The normalized spacial score (nSPS) is 13.0. The van der Waals surface area contributed by atoms with E-state index in [1.807, 2.05) is 31.3 Å². The molecule has 0 unspecified atom stereocenters. The summed E-state index contributed by atoms with van der Waals surface area (Å²) in [5.74, 6) is 0.0484. The van der Waals surface area contributed by atoms with E-state index in [0.29, 0.717) is 43.7 Å². The quantitative estimate of drug-likeness (QED) is 0.423. The Hall–Kier alpha value is -4.07. The number of fused-ring (bicyclic) bond motifs is 1. The van der Waals surface area contributed by atoms with Gasteiger partial charge in [-0.05, 0) is 35.7 Å². The first kappa shape index (κ1) is 22.7. The number of aromatic nitrogens is 4. The summed E-state index contributed by atoms with van der Waals surface area (Å²) in [5.41, 5.74) is 4.30. The Balaban J connectivity index is 1.33. The second-order valence-corrected chi connectivity index (χ2v) is 8.83. The maximum Gasteiger partial charge on any atom is 0.274 e. The van der Waals surface area contributed by atoms with Crippen molar-refractivity contribution < 1.29 is 13.8 Å². The van der Waals surface area contributed by atoms with Crippen LogP contribution in [0.15, 0.2) is 65.6 Å². The van der Waals surface area contributed by atoms with E-state index < -0.39 is 5.82 Å². The highest BCUT2D eigenvalue weighted by atomic mass is 19.1. The van der Waals surface area contributed by atoms with Gasteiger partial charge in [0.05, 0.1) is 17.8 Å². The number of rotatable bonds is 6. The lowest BCUT2D eigenvalue weighted by molar-refractivity contribution is -0.715. The van der Waals surface area contributed by atoms with Gasteiger partial charge in [-0.2, -0.15) is 5.10 Å². The number of H-pyrrole nitrogens is 2. The number of nitrogens with one attached hydrogen (secondary N) is 2. The monoisotopic (exact) mass is 472 g/mol. The molecule has 2 aromatic heterocycles. The van der Waals surface area contributed by atoms with Crippen molar-refractivity contribution in [2.24, 2.45) is 0 Å². The van der Waals surface area contributed by atoms with Crippen LogP contribution in [0, 0.1) is 5.82 Å². The molecule has 0 fully saturated rings. The Morgan fingerprint density at radius 1 is 1.11 bits per heavy atom.